The van der Waals surface area contributed by atoms with Crippen LogP contribution in [-0.4, -0.2) is 14.8 Å². The molecule has 0 N–H and O–H groups in total. The lowest BCUT2D eigenvalue weighted by atomic mass is 10.2. The summed E-state index contributed by atoms with van der Waals surface area (Å²) in [7, 11) is 0. The molecule has 3 aromatic rings. The number of rotatable bonds is 4. The highest BCUT2D eigenvalue weighted by molar-refractivity contribution is 7.98. The molecule has 0 spiro atoms. The predicted molar refractivity (Wildman–Crippen MR) is 86.8 cm³/mol. The molecule has 0 aliphatic heterocycles. The molecule has 0 unspecified atom stereocenters. The second-order valence-electron chi connectivity index (χ2n) is 5.27. The van der Waals surface area contributed by atoms with Gasteiger partial charge in [0.05, 0.1) is 0 Å². The van der Waals surface area contributed by atoms with Gasteiger partial charge in [-0.1, -0.05) is 23.9 Å². The van der Waals surface area contributed by atoms with E-state index in [1.807, 2.05) is 42.7 Å². The highest BCUT2D eigenvalue weighted by atomic mass is 32.2. The summed E-state index contributed by atoms with van der Waals surface area (Å²) in [5, 5.41) is 8.98. The Balaban J connectivity index is 1.87. The zero-order valence-electron chi connectivity index (χ0n) is 12.8. The summed E-state index contributed by atoms with van der Waals surface area (Å²) < 4.78 is 28.5. The predicted octanol–water partition coefficient (Wildman–Crippen LogP) is 4.45. The first kappa shape index (κ1) is 15.7. The molecule has 2 aromatic carbocycles. The Morgan fingerprint density at radius 2 is 1.74 bits per heavy atom. The number of hydrogen-bond donors (Lipinski definition) is 0. The average molecular weight is 331 g/mol. The fourth-order valence-corrected chi connectivity index (χ4v) is 3.27. The molecule has 23 heavy (non-hydrogen) atoms. The molecule has 0 radical (unpaired) electrons. The molecule has 1 aromatic heterocycles. The van der Waals surface area contributed by atoms with Crippen LogP contribution in [0.5, 0.6) is 0 Å². The Kier molecular flexibility index (Phi) is 4.43. The van der Waals surface area contributed by atoms with Crippen LogP contribution in [0.15, 0.2) is 47.6 Å². The Morgan fingerprint density at radius 1 is 1.00 bits per heavy atom. The van der Waals surface area contributed by atoms with E-state index in [4.69, 9.17) is 0 Å². The van der Waals surface area contributed by atoms with Crippen molar-refractivity contribution in [3.8, 4) is 5.69 Å². The maximum atomic E-state index is 13.3. The van der Waals surface area contributed by atoms with Crippen LogP contribution in [-0.2, 0) is 5.75 Å². The first-order chi connectivity index (χ1) is 11.0. The minimum absolute atomic E-state index is 0.415. The van der Waals surface area contributed by atoms with E-state index in [9.17, 15) is 8.78 Å². The van der Waals surface area contributed by atoms with Gasteiger partial charge in [0.25, 0.3) is 0 Å². The van der Waals surface area contributed by atoms with Gasteiger partial charge in [-0.05, 0) is 49.2 Å². The van der Waals surface area contributed by atoms with Crippen molar-refractivity contribution in [1.29, 1.82) is 0 Å². The molecule has 0 aliphatic rings. The third-order valence-corrected chi connectivity index (χ3v) is 4.35. The van der Waals surface area contributed by atoms with Gasteiger partial charge in [0.1, 0.15) is 17.5 Å². The van der Waals surface area contributed by atoms with Crippen molar-refractivity contribution in [1.82, 2.24) is 14.8 Å². The summed E-state index contributed by atoms with van der Waals surface area (Å²) in [5.41, 5.74) is 2.68. The Bertz CT molecular complexity index is 825. The van der Waals surface area contributed by atoms with Gasteiger partial charge in [-0.15, -0.1) is 10.2 Å². The van der Waals surface area contributed by atoms with E-state index in [-0.39, 0.29) is 0 Å². The van der Waals surface area contributed by atoms with Gasteiger partial charge in [0.2, 0.25) is 0 Å². The van der Waals surface area contributed by atoms with Crippen LogP contribution in [0, 0.1) is 25.5 Å². The highest BCUT2D eigenvalue weighted by Gasteiger charge is 2.12. The van der Waals surface area contributed by atoms with Crippen molar-refractivity contribution in [2.45, 2.75) is 24.8 Å². The minimum Gasteiger partial charge on any atom is -0.274 e. The standard InChI is InChI=1S/C17H15F2N3S/c1-11-4-3-5-16(6-11)22-12(2)20-21-17(22)23-10-13-7-14(18)9-15(19)8-13/h3-9H,10H2,1-2H3. The van der Waals surface area contributed by atoms with Gasteiger partial charge in [-0.2, -0.15) is 0 Å². The van der Waals surface area contributed by atoms with Crippen LogP contribution in [0.2, 0.25) is 0 Å². The van der Waals surface area contributed by atoms with Crippen molar-refractivity contribution in [3.05, 3.63) is 71.1 Å². The van der Waals surface area contributed by atoms with Crippen molar-refractivity contribution in [3.63, 3.8) is 0 Å². The van der Waals surface area contributed by atoms with Crippen molar-refractivity contribution in [2.24, 2.45) is 0 Å². The van der Waals surface area contributed by atoms with Crippen LogP contribution in [0.1, 0.15) is 17.0 Å². The minimum atomic E-state index is -0.572. The monoisotopic (exact) mass is 331 g/mol. The number of halogens is 2. The third kappa shape index (κ3) is 3.59. The summed E-state index contributed by atoms with van der Waals surface area (Å²) in [6.45, 7) is 3.90. The van der Waals surface area contributed by atoms with Crippen LogP contribution >= 0.6 is 11.8 Å². The molecule has 0 amide bonds. The normalized spacial score (nSPS) is 11.0. The Morgan fingerprint density at radius 3 is 2.43 bits per heavy atom. The molecule has 0 fully saturated rings. The molecule has 118 valence electrons. The lowest BCUT2D eigenvalue weighted by Crippen LogP contribution is -1.99. The van der Waals surface area contributed by atoms with Gasteiger partial charge in [-0.3, -0.25) is 4.57 Å². The van der Waals surface area contributed by atoms with Crippen LogP contribution < -0.4 is 0 Å². The third-order valence-electron chi connectivity index (χ3n) is 3.35. The van der Waals surface area contributed by atoms with E-state index in [0.29, 0.717) is 16.5 Å². The quantitative estimate of drug-likeness (QED) is 0.662. The zero-order valence-corrected chi connectivity index (χ0v) is 13.6. The molecule has 1 heterocycles. The van der Waals surface area contributed by atoms with E-state index in [0.717, 1.165) is 23.1 Å². The first-order valence-electron chi connectivity index (χ1n) is 7.10. The number of aryl methyl sites for hydroxylation is 2. The molecule has 0 atom stereocenters. The number of nitrogens with zero attached hydrogens (tertiary/aromatic N) is 3. The van der Waals surface area contributed by atoms with E-state index in [1.54, 1.807) is 0 Å². The summed E-state index contributed by atoms with van der Waals surface area (Å²) in [5.74, 6) is 0.0379. The number of benzene rings is 2. The van der Waals surface area contributed by atoms with Gasteiger partial charge >= 0.3 is 0 Å². The fraction of sp³-hybridized carbons (Fsp3) is 0.176. The van der Waals surface area contributed by atoms with Crippen molar-refractivity contribution in [2.75, 3.05) is 0 Å². The maximum absolute atomic E-state index is 13.3. The summed E-state index contributed by atoms with van der Waals surface area (Å²) >= 11 is 1.40. The molecule has 3 nitrogen and oxygen atoms in total. The van der Waals surface area contributed by atoms with Crippen molar-refractivity contribution < 1.29 is 8.78 Å². The average Bonchev–Trinajstić information content (AvgIpc) is 2.85. The highest BCUT2D eigenvalue weighted by Crippen LogP contribution is 2.26. The topological polar surface area (TPSA) is 30.7 Å². The lowest BCUT2D eigenvalue weighted by Gasteiger charge is -2.09. The van der Waals surface area contributed by atoms with Crippen LogP contribution in [0.25, 0.3) is 5.69 Å². The maximum Gasteiger partial charge on any atom is 0.196 e. The molecular formula is C17H15F2N3S. The van der Waals surface area contributed by atoms with E-state index < -0.39 is 11.6 Å². The second kappa shape index (κ2) is 6.50. The summed E-state index contributed by atoms with van der Waals surface area (Å²) in [6.07, 6.45) is 0. The smallest absolute Gasteiger partial charge is 0.196 e. The first-order valence-corrected chi connectivity index (χ1v) is 8.08. The fourth-order valence-electron chi connectivity index (χ4n) is 2.34. The number of hydrogen-bond acceptors (Lipinski definition) is 3. The van der Waals surface area contributed by atoms with E-state index >= 15 is 0 Å². The van der Waals surface area contributed by atoms with E-state index in [1.165, 1.54) is 23.9 Å². The van der Waals surface area contributed by atoms with Gasteiger partial charge in [-0.25, -0.2) is 8.78 Å². The molecule has 0 aliphatic carbocycles. The summed E-state index contributed by atoms with van der Waals surface area (Å²) in [4.78, 5) is 0. The second-order valence-corrected chi connectivity index (χ2v) is 6.21. The lowest BCUT2D eigenvalue weighted by molar-refractivity contribution is 0.581. The Hall–Kier alpha value is -2.21. The SMILES string of the molecule is Cc1cccc(-n2c(C)nnc2SCc2cc(F)cc(F)c2)c1. The molecule has 3 rings (SSSR count). The Labute approximate surface area is 137 Å². The summed E-state index contributed by atoms with van der Waals surface area (Å²) in [6, 6.07) is 11.5. The van der Waals surface area contributed by atoms with E-state index in [2.05, 4.69) is 10.2 Å². The van der Waals surface area contributed by atoms with Gasteiger partial charge in [0.15, 0.2) is 5.16 Å². The molecule has 0 saturated heterocycles. The number of aromatic nitrogens is 3. The van der Waals surface area contributed by atoms with Gasteiger partial charge in [0, 0.05) is 17.5 Å². The van der Waals surface area contributed by atoms with Gasteiger partial charge < -0.3 is 0 Å². The molecule has 0 bridgehead atoms. The van der Waals surface area contributed by atoms with Crippen LogP contribution in [0.4, 0.5) is 8.78 Å². The molecule has 0 saturated carbocycles. The zero-order chi connectivity index (χ0) is 16.4. The van der Waals surface area contributed by atoms with Crippen molar-refractivity contribution >= 4 is 11.8 Å². The number of thioether (sulfide) groups is 1. The molecule has 6 heteroatoms. The van der Waals surface area contributed by atoms with Crippen LogP contribution in [0.3, 0.4) is 0 Å². The molecular weight excluding hydrogens is 316 g/mol. The largest absolute Gasteiger partial charge is 0.274 e.